The lowest BCUT2D eigenvalue weighted by atomic mass is 10.0. The van der Waals surface area contributed by atoms with Crippen LogP contribution in [-0.2, 0) is 4.79 Å². The third kappa shape index (κ3) is 5.87. The van der Waals surface area contributed by atoms with Crippen LogP contribution in [0.2, 0.25) is 5.02 Å². The summed E-state index contributed by atoms with van der Waals surface area (Å²) in [7, 11) is 0. The lowest BCUT2D eigenvalue weighted by molar-refractivity contribution is -0.192. The van der Waals surface area contributed by atoms with Gasteiger partial charge in [0.2, 0.25) is 0 Å². The van der Waals surface area contributed by atoms with Crippen molar-refractivity contribution in [3.8, 4) is 17.0 Å². The number of carboxylic acids is 1. The monoisotopic (exact) mass is 419 g/mol. The SMILES string of the molecule is Cc1cn[nH]c1-c1cc(Cl)cc(C)c1OC1CCNCC1.O=C(O)C(F)(F)F. The Kier molecular flexibility index (Phi) is 7.31. The number of alkyl halides is 3. The smallest absolute Gasteiger partial charge is 0.489 e. The molecule has 10 heteroatoms. The van der Waals surface area contributed by atoms with Crippen molar-refractivity contribution in [2.75, 3.05) is 13.1 Å². The molecule has 1 aromatic carbocycles. The third-order valence-corrected chi connectivity index (χ3v) is 4.37. The Morgan fingerprint density at radius 3 is 2.36 bits per heavy atom. The van der Waals surface area contributed by atoms with Gasteiger partial charge in [0, 0.05) is 10.6 Å². The molecule has 0 spiro atoms. The minimum Gasteiger partial charge on any atom is -0.489 e. The number of aromatic nitrogens is 2. The van der Waals surface area contributed by atoms with Gasteiger partial charge in [-0.2, -0.15) is 18.3 Å². The number of aryl methyl sites for hydroxylation is 2. The van der Waals surface area contributed by atoms with E-state index in [-0.39, 0.29) is 6.10 Å². The molecule has 0 atom stereocenters. The number of hydrogen-bond acceptors (Lipinski definition) is 4. The zero-order valence-corrected chi connectivity index (χ0v) is 16.1. The summed E-state index contributed by atoms with van der Waals surface area (Å²) in [6.45, 7) is 6.09. The zero-order valence-electron chi connectivity index (χ0n) is 15.4. The number of hydrogen-bond donors (Lipinski definition) is 3. The molecule has 1 aliphatic rings. The maximum Gasteiger partial charge on any atom is 0.490 e. The number of ether oxygens (including phenoxy) is 1. The number of halogens is 4. The van der Waals surface area contributed by atoms with E-state index in [1.165, 1.54) is 0 Å². The van der Waals surface area contributed by atoms with Gasteiger partial charge < -0.3 is 15.2 Å². The molecule has 3 rings (SSSR count). The lowest BCUT2D eigenvalue weighted by Gasteiger charge is -2.26. The van der Waals surface area contributed by atoms with Crippen LogP contribution in [-0.4, -0.2) is 46.6 Å². The summed E-state index contributed by atoms with van der Waals surface area (Å²) in [6.07, 6.45) is -0.944. The van der Waals surface area contributed by atoms with Gasteiger partial charge >= 0.3 is 12.1 Å². The van der Waals surface area contributed by atoms with Crippen molar-refractivity contribution in [3.63, 3.8) is 0 Å². The topological polar surface area (TPSA) is 87.2 Å². The van der Waals surface area contributed by atoms with Gasteiger partial charge in [0.1, 0.15) is 11.9 Å². The van der Waals surface area contributed by atoms with Gasteiger partial charge in [-0.05, 0) is 63.0 Å². The van der Waals surface area contributed by atoms with Crippen molar-refractivity contribution >= 4 is 17.6 Å². The van der Waals surface area contributed by atoms with E-state index in [2.05, 4.69) is 15.5 Å². The number of piperidine rings is 1. The van der Waals surface area contributed by atoms with Crippen LogP contribution in [0.15, 0.2) is 18.3 Å². The highest BCUT2D eigenvalue weighted by Gasteiger charge is 2.38. The van der Waals surface area contributed by atoms with E-state index < -0.39 is 12.1 Å². The molecule has 0 amide bonds. The van der Waals surface area contributed by atoms with Gasteiger partial charge in [0.25, 0.3) is 0 Å². The van der Waals surface area contributed by atoms with E-state index in [4.69, 9.17) is 26.2 Å². The van der Waals surface area contributed by atoms with Gasteiger partial charge in [-0.3, -0.25) is 5.10 Å². The molecular formula is C18H21ClF3N3O3. The Hall–Kier alpha value is -2.26. The summed E-state index contributed by atoms with van der Waals surface area (Å²) in [6, 6.07) is 3.90. The molecule has 28 heavy (non-hydrogen) atoms. The molecule has 2 heterocycles. The van der Waals surface area contributed by atoms with Crippen molar-refractivity contribution in [3.05, 3.63) is 34.5 Å². The van der Waals surface area contributed by atoms with Gasteiger partial charge in [-0.15, -0.1) is 0 Å². The first-order chi connectivity index (χ1) is 13.1. The third-order valence-electron chi connectivity index (χ3n) is 4.15. The number of benzene rings is 1. The van der Waals surface area contributed by atoms with E-state index in [1.54, 1.807) is 0 Å². The Labute approximate surface area is 165 Å². The number of aliphatic carboxylic acids is 1. The molecule has 6 nitrogen and oxygen atoms in total. The largest absolute Gasteiger partial charge is 0.490 e. The van der Waals surface area contributed by atoms with Crippen molar-refractivity contribution in [1.29, 1.82) is 0 Å². The maximum absolute atomic E-state index is 10.6. The minimum absolute atomic E-state index is 0.258. The normalized spacial score (nSPS) is 14.9. The predicted octanol–water partition coefficient (Wildman–Crippen LogP) is 4.11. The minimum atomic E-state index is -5.08. The standard InChI is InChI=1S/C16H20ClN3O.C2HF3O2/c1-10-7-12(17)8-14(15-11(2)9-19-20-15)16(10)21-13-3-5-18-6-4-13;3-2(4,5)1(6)7/h7-9,13,18H,3-6H2,1-2H3,(H,19,20);(H,6,7). The Bertz CT molecular complexity index is 818. The maximum atomic E-state index is 10.6. The Balaban J connectivity index is 0.000000345. The number of carboxylic acid groups (broad SMARTS) is 1. The summed E-state index contributed by atoms with van der Waals surface area (Å²) in [5, 5.41) is 18.4. The van der Waals surface area contributed by atoms with E-state index >= 15 is 0 Å². The number of H-pyrrole nitrogens is 1. The van der Waals surface area contributed by atoms with Crippen molar-refractivity contribution in [2.24, 2.45) is 0 Å². The second kappa shape index (κ2) is 9.29. The highest BCUT2D eigenvalue weighted by atomic mass is 35.5. The van der Waals surface area contributed by atoms with E-state index in [1.807, 2.05) is 32.2 Å². The van der Waals surface area contributed by atoms with E-state index in [0.717, 1.165) is 54.1 Å². The molecule has 1 aliphatic heterocycles. The summed E-state index contributed by atoms with van der Waals surface area (Å²) in [4.78, 5) is 8.90. The second-order valence-corrected chi connectivity index (χ2v) is 6.83. The fourth-order valence-electron chi connectivity index (χ4n) is 2.77. The number of aromatic amines is 1. The van der Waals surface area contributed by atoms with Crippen LogP contribution in [0.25, 0.3) is 11.3 Å². The lowest BCUT2D eigenvalue weighted by Crippen LogP contribution is -2.34. The van der Waals surface area contributed by atoms with Gasteiger partial charge in [-0.25, -0.2) is 4.79 Å². The first-order valence-corrected chi connectivity index (χ1v) is 8.95. The highest BCUT2D eigenvalue weighted by molar-refractivity contribution is 6.31. The number of rotatable bonds is 3. The number of carbonyl (C=O) groups is 1. The fourth-order valence-corrected chi connectivity index (χ4v) is 3.04. The van der Waals surface area contributed by atoms with Crippen LogP contribution < -0.4 is 10.1 Å². The van der Waals surface area contributed by atoms with Crippen LogP contribution in [0.5, 0.6) is 5.75 Å². The molecule has 0 saturated carbocycles. The summed E-state index contributed by atoms with van der Waals surface area (Å²) in [5.41, 5.74) is 4.12. The molecular weight excluding hydrogens is 399 g/mol. The highest BCUT2D eigenvalue weighted by Crippen LogP contribution is 2.37. The van der Waals surface area contributed by atoms with Gasteiger partial charge in [0.05, 0.1) is 11.9 Å². The second-order valence-electron chi connectivity index (χ2n) is 6.40. The van der Waals surface area contributed by atoms with E-state index in [0.29, 0.717) is 5.02 Å². The van der Waals surface area contributed by atoms with Crippen LogP contribution in [0.3, 0.4) is 0 Å². The Morgan fingerprint density at radius 1 is 1.25 bits per heavy atom. The van der Waals surface area contributed by atoms with Crippen LogP contribution in [0.4, 0.5) is 13.2 Å². The molecule has 1 fully saturated rings. The molecule has 154 valence electrons. The number of nitrogens with zero attached hydrogens (tertiary/aromatic N) is 1. The average molecular weight is 420 g/mol. The molecule has 0 bridgehead atoms. The molecule has 1 aromatic heterocycles. The van der Waals surface area contributed by atoms with Gasteiger partial charge in [-0.1, -0.05) is 11.6 Å². The molecule has 0 aliphatic carbocycles. The van der Waals surface area contributed by atoms with E-state index in [9.17, 15) is 13.2 Å². The first-order valence-electron chi connectivity index (χ1n) is 8.57. The zero-order chi connectivity index (χ0) is 20.9. The first kappa shape index (κ1) is 22.0. The Morgan fingerprint density at radius 2 is 1.86 bits per heavy atom. The average Bonchev–Trinajstić information content (AvgIpc) is 3.03. The quantitative estimate of drug-likeness (QED) is 0.697. The molecule has 3 N–H and O–H groups in total. The summed E-state index contributed by atoms with van der Waals surface area (Å²) < 4.78 is 38.0. The van der Waals surface area contributed by atoms with Gasteiger partial charge in [0.15, 0.2) is 0 Å². The van der Waals surface area contributed by atoms with Crippen molar-refractivity contribution < 1.29 is 27.8 Å². The van der Waals surface area contributed by atoms with Crippen LogP contribution >= 0.6 is 11.6 Å². The predicted molar refractivity (Wildman–Crippen MR) is 98.7 cm³/mol. The fraction of sp³-hybridized carbons (Fsp3) is 0.444. The molecule has 0 unspecified atom stereocenters. The molecule has 2 aromatic rings. The van der Waals surface area contributed by atoms with Crippen molar-refractivity contribution in [1.82, 2.24) is 15.5 Å². The molecule has 0 radical (unpaired) electrons. The number of nitrogens with one attached hydrogen (secondary N) is 2. The summed E-state index contributed by atoms with van der Waals surface area (Å²) >= 11 is 6.23. The van der Waals surface area contributed by atoms with Crippen LogP contribution in [0.1, 0.15) is 24.0 Å². The summed E-state index contributed by atoms with van der Waals surface area (Å²) in [5.74, 6) is -1.84. The van der Waals surface area contributed by atoms with Crippen molar-refractivity contribution in [2.45, 2.75) is 39.0 Å². The molecule has 1 saturated heterocycles. The van der Waals surface area contributed by atoms with Crippen LogP contribution in [0, 0.1) is 13.8 Å².